The molecule has 0 radical (unpaired) electrons. The molecule has 1 aliphatic rings. The highest BCUT2D eigenvalue weighted by Gasteiger charge is 2.21. The van der Waals surface area contributed by atoms with Crippen LogP contribution >= 0.6 is 0 Å². The molecule has 1 aromatic heterocycles. The van der Waals surface area contributed by atoms with Gasteiger partial charge in [0.05, 0.1) is 12.4 Å². The summed E-state index contributed by atoms with van der Waals surface area (Å²) in [5.41, 5.74) is 0.651. The molecule has 0 aliphatic heterocycles. The van der Waals surface area contributed by atoms with Crippen LogP contribution < -0.4 is 10.6 Å². The van der Waals surface area contributed by atoms with Crippen molar-refractivity contribution in [1.29, 1.82) is 0 Å². The Morgan fingerprint density at radius 3 is 2.71 bits per heavy atom. The van der Waals surface area contributed by atoms with Crippen LogP contribution in [0.25, 0.3) is 0 Å². The monoisotopic (exact) mass is 286 g/mol. The summed E-state index contributed by atoms with van der Waals surface area (Å²) in [7, 11) is 0. The third-order valence-corrected chi connectivity index (χ3v) is 3.21. The Kier molecular flexibility index (Phi) is 3.77. The lowest BCUT2D eigenvalue weighted by molar-refractivity contribution is 0.0945. The molecule has 0 spiro atoms. The Morgan fingerprint density at radius 1 is 1.24 bits per heavy atom. The zero-order chi connectivity index (χ0) is 14.7. The number of halogens is 1. The van der Waals surface area contributed by atoms with Gasteiger partial charge in [0.2, 0.25) is 0 Å². The number of benzene rings is 1. The van der Waals surface area contributed by atoms with Gasteiger partial charge in [-0.2, -0.15) is 0 Å². The summed E-state index contributed by atoms with van der Waals surface area (Å²) in [6, 6.07) is 6.81. The lowest BCUT2D eigenvalue weighted by Crippen LogP contribution is -2.24. The second-order valence-corrected chi connectivity index (χ2v) is 4.98. The van der Waals surface area contributed by atoms with Gasteiger partial charge >= 0.3 is 0 Å². The highest BCUT2D eigenvalue weighted by Crippen LogP contribution is 2.23. The van der Waals surface area contributed by atoms with Crippen LogP contribution in [0.3, 0.4) is 0 Å². The Bertz CT molecular complexity index is 640. The zero-order valence-corrected chi connectivity index (χ0v) is 11.3. The molecule has 0 unspecified atom stereocenters. The second kappa shape index (κ2) is 5.87. The maximum Gasteiger partial charge on any atom is 0.271 e. The number of anilines is 1. The number of carbonyl (C=O) groups excluding carboxylic acids is 1. The van der Waals surface area contributed by atoms with Gasteiger partial charge in [0.1, 0.15) is 17.3 Å². The van der Waals surface area contributed by atoms with E-state index in [4.69, 9.17) is 0 Å². The third-order valence-electron chi connectivity index (χ3n) is 3.21. The fourth-order valence-corrected chi connectivity index (χ4v) is 1.86. The van der Waals surface area contributed by atoms with Crippen LogP contribution in [0.5, 0.6) is 0 Å². The van der Waals surface area contributed by atoms with E-state index in [2.05, 4.69) is 20.6 Å². The van der Waals surface area contributed by atoms with Gasteiger partial charge < -0.3 is 10.6 Å². The average molecular weight is 286 g/mol. The van der Waals surface area contributed by atoms with Crippen molar-refractivity contribution >= 4 is 11.7 Å². The maximum atomic E-state index is 13.4. The molecule has 1 fully saturated rings. The molecule has 1 saturated carbocycles. The number of aromatic nitrogens is 2. The molecule has 0 saturated heterocycles. The Labute approximate surface area is 121 Å². The van der Waals surface area contributed by atoms with Crippen molar-refractivity contribution in [3.8, 4) is 0 Å². The molecule has 6 heteroatoms. The molecule has 1 amide bonds. The van der Waals surface area contributed by atoms with Crippen LogP contribution in [0.1, 0.15) is 28.9 Å². The average Bonchev–Trinajstić information content (AvgIpc) is 3.31. The minimum Gasteiger partial charge on any atom is -0.366 e. The van der Waals surface area contributed by atoms with Crippen molar-refractivity contribution in [3.05, 3.63) is 53.7 Å². The van der Waals surface area contributed by atoms with E-state index in [1.807, 2.05) is 0 Å². The first-order valence-corrected chi connectivity index (χ1v) is 6.82. The Morgan fingerprint density at radius 2 is 2.05 bits per heavy atom. The number of nitrogens with zero attached hydrogens (tertiary/aromatic N) is 2. The van der Waals surface area contributed by atoms with Gasteiger partial charge in [-0.05, 0) is 18.9 Å². The fraction of sp³-hybridized carbons (Fsp3) is 0.267. The first kappa shape index (κ1) is 13.5. The summed E-state index contributed by atoms with van der Waals surface area (Å²) < 4.78 is 13.4. The van der Waals surface area contributed by atoms with E-state index in [0.29, 0.717) is 17.4 Å². The van der Waals surface area contributed by atoms with Crippen molar-refractivity contribution in [2.75, 3.05) is 5.32 Å². The minimum absolute atomic E-state index is 0.120. The van der Waals surface area contributed by atoms with E-state index in [0.717, 1.165) is 12.8 Å². The smallest absolute Gasteiger partial charge is 0.271 e. The quantitative estimate of drug-likeness (QED) is 0.883. The summed E-state index contributed by atoms with van der Waals surface area (Å²) >= 11 is 0. The van der Waals surface area contributed by atoms with Gasteiger partial charge in [-0.1, -0.05) is 18.2 Å². The molecule has 5 nitrogen and oxygen atoms in total. The molecule has 1 heterocycles. The van der Waals surface area contributed by atoms with Crippen LogP contribution in [0.4, 0.5) is 10.2 Å². The van der Waals surface area contributed by atoms with E-state index in [1.165, 1.54) is 18.5 Å². The number of rotatable bonds is 5. The van der Waals surface area contributed by atoms with E-state index in [1.54, 1.807) is 18.2 Å². The first-order chi connectivity index (χ1) is 10.2. The third kappa shape index (κ3) is 3.53. The van der Waals surface area contributed by atoms with Crippen LogP contribution in [-0.2, 0) is 6.54 Å². The van der Waals surface area contributed by atoms with Gasteiger partial charge in [-0.15, -0.1) is 0 Å². The van der Waals surface area contributed by atoms with Crippen molar-refractivity contribution in [2.45, 2.75) is 25.4 Å². The summed E-state index contributed by atoms with van der Waals surface area (Å²) in [5.74, 6) is -0.0419. The molecule has 21 heavy (non-hydrogen) atoms. The van der Waals surface area contributed by atoms with E-state index in [9.17, 15) is 9.18 Å². The van der Waals surface area contributed by atoms with Crippen LogP contribution in [0.2, 0.25) is 0 Å². The van der Waals surface area contributed by atoms with Crippen molar-refractivity contribution in [1.82, 2.24) is 15.3 Å². The lowest BCUT2D eigenvalue weighted by atomic mass is 10.2. The summed E-state index contributed by atoms with van der Waals surface area (Å²) in [5, 5.41) is 5.82. The number of hydrogen-bond donors (Lipinski definition) is 2. The van der Waals surface area contributed by atoms with Gasteiger partial charge in [0.25, 0.3) is 5.91 Å². The van der Waals surface area contributed by atoms with Crippen LogP contribution in [0.15, 0.2) is 36.7 Å². The van der Waals surface area contributed by atoms with Crippen LogP contribution in [-0.4, -0.2) is 21.9 Å². The maximum absolute atomic E-state index is 13.4. The Balaban J connectivity index is 1.58. The number of amides is 1. The molecule has 108 valence electrons. The first-order valence-electron chi connectivity index (χ1n) is 6.82. The highest BCUT2D eigenvalue weighted by molar-refractivity contribution is 5.91. The minimum atomic E-state index is -0.372. The fourth-order valence-electron chi connectivity index (χ4n) is 1.86. The van der Waals surface area contributed by atoms with Crippen molar-refractivity contribution in [3.63, 3.8) is 0 Å². The SMILES string of the molecule is O=C(NCc1ccccc1F)c1cnc(NC2CC2)cn1. The largest absolute Gasteiger partial charge is 0.366 e. The van der Waals surface area contributed by atoms with E-state index < -0.39 is 0 Å². The van der Waals surface area contributed by atoms with E-state index in [-0.39, 0.29) is 24.0 Å². The van der Waals surface area contributed by atoms with Gasteiger partial charge in [-0.25, -0.2) is 14.4 Å². The molecule has 1 aliphatic carbocycles. The molecule has 0 bridgehead atoms. The zero-order valence-electron chi connectivity index (χ0n) is 11.3. The van der Waals surface area contributed by atoms with E-state index >= 15 is 0 Å². The Hall–Kier alpha value is -2.50. The second-order valence-electron chi connectivity index (χ2n) is 4.98. The highest BCUT2D eigenvalue weighted by atomic mass is 19.1. The van der Waals surface area contributed by atoms with Crippen molar-refractivity contribution < 1.29 is 9.18 Å². The lowest BCUT2D eigenvalue weighted by Gasteiger charge is -2.06. The molecular formula is C15H15FN4O. The molecule has 1 aromatic carbocycles. The van der Waals surface area contributed by atoms with Gasteiger partial charge in [-0.3, -0.25) is 4.79 Å². The molecular weight excluding hydrogens is 271 g/mol. The number of hydrogen-bond acceptors (Lipinski definition) is 4. The standard InChI is InChI=1S/C15H15FN4O/c16-12-4-2-1-3-10(12)7-19-15(21)13-8-18-14(9-17-13)20-11-5-6-11/h1-4,8-9,11H,5-7H2,(H,18,20)(H,19,21). The normalized spacial score (nSPS) is 13.8. The van der Waals surface area contributed by atoms with Gasteiger partial charge in [0, 0.05) is 18.2 Å². The number of nitrogens with one attached hydrogen (secondary N) is 2. The molecule has 3 rings (SSSR count). The summed E-state index contributed by atoms with van der Waals surface area (Å²) in [6.45, 7) is 0.120. The number of carbonyl (C=O) groups is 1. The summed E-state index contributed by atoms with van der Waals surface area (Å²) in [4.78, 5) is 20.1. The van der Waals surface area contributed by atoms with Crippen LogP contribution in [0, 0.1) is 5.82 Å². The predicted octanol–water partition coefficient (Wildman–Crippen LogP) is 2.12. The molecule has 2 aromatic rings. The topological polar surface area (TPSA) is 66.9 Å². The van der Waals surface area contributed by atoms with Crippen molar-refractivity contribution in [2.24, 2.45) is 0 Å². The van der Waals surface area contributed by atoms with Gasteiger partial charge in [0.15, 0.2) is 0 Å². The summed E-state index contributed by atoms with van der Waals surface area (Å²) in [6.07, 6.45) is 5.25. The molecule has 2 N–H and O–H groups in total. The predicted molar refractivity (Wildman–Crippen MR) is 76.2 cm³/mol. The molecule has 0 atom stereocenters.